The molecule has 1 amide bonds. The van der Waals surface area contributed by atoms with Gasteiger partial charge in [0.1, 0.15) is 0 Å². The van der Waals surface area contributed by atoms with Crippen molar-refractivity contribution in [3.8, 4) is 22.8 Å². The number of aromatic nitrogens is 3. The number of nitrogens with zero attached hydrogens (tertiary/aromatic N) is 5. The lowest BCUT2D eigenvalue weighted by Gasteiger charge is -2.35. The Kier molecular flexibility index (Phi) is 5.05. The second-order valence-corrected chi connectivity index (χ2v) is 8.67. The molecule has 8 nitrogen and oxygen atoms in total. The van der Waals surface area contributed by atoms with Crippen LogP contribution in [0, 0.1) is 0 Å². The van der Waals surface area contributed by atoms with Gasteiger partial charge in [-0.1, -0.05) is 18.2 Å². The van der Waals surface area contributed by atoms with Gasteiger partial charge in [-0.3, -0.25) is 4.79 Å². The van der Waals surface area contributed by atoms with Crippen molar-refractivity contribution in [1.82, 2.24) is 19.7 Å². The summed E-state index contributed by atoms with van der Waals surface area (Å²) in [6.45, 7) is 3.07. The second kappa shape index (κ2) is 8.37. The number of carbonyl (C=O) groups is 1. The normalized spacial score (nSPS) is 15.2. The minimum absolute atomic E-state index is 0.167. The number of amides is 1. The van der Waals surface area contributed by atoms with E-state index in [0.717, 1.165) is 58.1 Å². The summed E-state index contributed by atoms with van der Waals surface area (Å²) in [7, 11) is 2.02. The Labute approximate surface area is 197 Å². The van der Waals surface area contributed by atoms with Crippen LogP contribution in [0.5, 0.6) is 11.5 Å². The van der Waals surface area contributed by atoms with Crippen molar-refractivity contribution < 1.29 is 14.3 Å². The van der Waals surface area contributed by atoms with E-state index in [1.54, 1.807) is 0 Å². The lowest BCUT2D eigenvalue weighted by atomic mass is 10.1. The summed E-state index contributed by atoms with van der Waals surface area (Å²) in [5.74, 6) is 2.47. The highest BCUT2D eigenvalue weighted by Gasteiger charge is 2.23. The van der Waals surface area contributed by atoms with Crippen molar-refractivity contribution in [1.29, 1.82) is 0 Å². The molecule has 0 atom stereocenters. The van der Waals surface area contributed by atoms with Crippen LogP contribution in [0.1, 0.15) is 5.56 Å². The monoisotopic (exact) mass is 455 g/mol. The highest BCUT2D eigenvalue weighted by molar-refractivity contribution is 5.89. The maximum atomic E-state index is 13.0. The van der Waals surface area contributed by atoms with Gasteiger partial charge in [0.2, 0.25) is 12.7 Å². The largest absolute Gasteiger partial charge is 0.454 e. The molecule has 2 aromatic carbocycles. The van der Waals surface area contributed by atoms with E-state index in [1.165, 1.54) is 0 Å². The van der Waals surface area contributed by atoms with Crippen LogP contribution in [0.15, 0.2) is 60.8 Å². The molecule has 0 saturated carbocycles. The summed E-state index contributed by atoms with van der Waals surface area (Å²) in [5.41, 5.74) is 3.95. The number of hydrogen-bond donors (Lipinski definition) is 0. The number of piperazine rings is 1. The molecule has 1 fully saturated rings. The molecule has 2 aliphatic heterocycles. The average molecular weight is 456 g/mol. The highest BCUT2D eigenvalue weighted by Crippen LogP contribution is 2.35. The lowest BCUT2D eigenvalue weighted by Crippen LogP contribution is -2.49. The summed E-state index contributed by atoms with van der Waals surface area (Å²) < 4.78 is 12.9. The van der Waals surface area contributed by atoms with Gasteiger partial charge < -0.3 is 23.8 Å². The Morgan fingerprint density at radius 2 is 1.76 bits per heavy atom. The van der Waals surface area contributed by atoms with Crippen molar-refractivity contribution in [3.05, 3.63) is 66.4 Å². The summed E-state index contributed by atoms with van der Waals surface area (Å²) in [4.78, 5) is 17.1. The highest BCUT2D eigenvalue weighted by atomic mass is 16.7. The molecule has 4 aromatic rings. The van der Waals surface area contributed by atoms with Crippen molar-refractivity contribution >= 4 is 22.6 Å². The second-order valence-electron chi connectivity index (χ2n) is 8.67. The van der Waals surface area contributed by atoms with Crippen LogP contribution >= 0.6 is 0 Å². The Morgan fingerprint density at radius 3 is 2.59 bits per heavy atom. The first-order chi connectivity index (χ1) is 16.7. The zero-order chi connectivity index (χ0) is 23.1. The Balaban J connectivity index is 1.09. The van der Waals surface area contributed by atoms with E-state index < -0.39 is 0 Å². The van der Waals surface area contributed by atoms with Gasteiger partial charge in [0.05, 0.1) is 12.1 Å². The van der Waals surface area contributed by atoms with E-state index >= 15 is 0 Å². The van der Waals surface area contributed by atoms with Crippen molar-refractivity contribution in [3.63, 3.8) is 0 Å². The fourth-order valence-corrected chi connectivity index (χ4v) is 4.73. The summed E-state index contributed by atoms with van der Waals surface area (Å²) in [6, 6.07) is 17.9. The molecule has 172 valence electrons. The third kappa shape index (κ3) is 3.71. The smallest absolute Gasteiger partial charge is 0.231 e. The molecule has 0 N–H and O–H groups in total. The summed E-state index contributed by atoms with van der Waals surface area (Å²) >= 11 is 0. The molecule has 4 heterocycles. The maximum Gasteiger partial charge on any atom is 0.231 e. The number of ether oxygens (including phenoxy) is 2. The van der Waals surface area contributed by atoms with Gasteiger partial charge >= 0.3 is 0 Å². The summed E-state index contributed by atoms with van der Waals surface area (Å²) in [5, 5.41) is 10.0. The SMILES string of the molecule is Cn1cc(CC(=O)N2CCN(c3ccc(-c4ccc5c(c4)OCO5)nn3)CC2)c2ccccc21. The molecule has 1 saturated heterocycles. The van der Waals surface area contributed by atoms with Crippen LogP contribution < -0.4 is 14.4 Å². The molecule has 8 heteroatoms. The number of carbonyl (C=O) groups excluding carboxylic acids is 1. The minimum atomic E-state index is 0.167. The van der Waals surface area contributed by atoms with Crippen molar-refractivity contribution in [2.75, 3.05) is 37.9 Å². The number of anilines is 1. The van der Waals surface area contributed by atoms with Gasteiger partial charge in [0.15, 0.2) is 17.3 Å². The van der Waals surface area contributed by atoms with Gasteiger partial charge in [0.25, 0.3) is 0 Å². The Morgan fingerprint density at radius 1 is 0.941 bits per heavy atom. The van der Waals surface area contributed by atoms with E-state index in [0.29, 0.717) is 19.5 Å². The number of aryl methyl sites for hydroxylation is 1. The number of hydrogen-bond acceptors (Lipinski definition) is 6. The molecular formula is C26H25N5O3. The molecule has 34 heavy (non-hydrogen) atoms. The standard InChI is InChI=1S/C26H25N5O3/c1-29-16-19(20-4-2-3-5-22(20)29)15-26(32)31-12-10-30(11-13-31)25-9-7-21(27-28-25)18-6-8-23-24(14-18)34-17-33-23/h2-9,14,16H,10-13,15,17H2,1H3. The van der Waals surface area contributed by atoms with Gasteiger partial charge in [0, 0.05) is 55.9 Å². The zero-order valence-electron chi connectivity index (χ0n) is 19.0. The predicted octanol–water partition coefficient (Wildman–Crippen LogP) is 3.26. The Hall–Kier alpha value is -4.07. The molecular weight excluding hydrogens is 430 g/mol. The Bertz CT molecular complexity index is 1360. The molecule has 0 bridgehead atoms. The molecule has 2 aromatic heterocycles. The van der Waals surface area contributed by atoms with Crippen LogP contribution in [0.25, 0.3) is 22.2 Å². The van der Waals surface area contributed by atoms with E-state index in [9.17, 15) is 4.79 Å². The lowest BCUT2D eigenvalue weighted by molar-refractivity contribution is -0.130. The first-order valence-corrected chi connectivity index (χ1v) is 11.4. The number of benzene rings is 2. The third-order valence-corrected chi connectivity index (χ3v) is 6.60. The molecule has 0 radical (unpaired) electrons. The molecule has 2 aliphatic rings. The fourth-order valence-electron chi connectivity index (χ4n) is 4.73. The van der Waals surface area contributed by atoms with E-state index in [-0.39, 0.29) is 12.7 Å². The third-order valence-electron chi connectivity index (χ3n) is 6.60. The van der Waals surface area contributed by atoms with Gasteiger partial charge in [-0.2, -0.15) is 0 Å². The molecule has 0 spiro atoms. The van der Waals surface area contributed by atoms with Crippen LogP contribution in [-0.2, 0) is 18.3 Å². The fraction of sp³-hybridized carbons (Fsp3) is 0.269. The van der Waals surface area contributed by atoms with E-state index in [2.05, 4.69) is 38.0 Å². The van der Waals surface area contributed by atoms with Crippen LogP contribution in [0.4, 0.5) is 5.82 Å². The van der Waals surface area contributed by atoms with Crippen molar-refractivity contribution in [2.24, 2.45) is 7.05 Å². The molecule has 6 rings (SSSR count). The average Bonchev–Trinajstić information content (AvgIpc) is 3.48. The molecule has 0 aliphatic carbocycles. The van der Waals surface area contributed by atoms with Crippen LogP contribution in [-0.4, -0.2) is 58.5 Å². The van der Waals surface area contributed by atoms with Gasteiger partial charge in [-0.25, -0.2) is 0 Å². The van der Waals surface area contributed by atoms with Crippen LogP contribution in [0.3, 0.4) is 0 Å². The first kappa shape index (κ1) is 20.5. The number of rotatable bonds is 4. The quantitative estimate of drug-likeness (QED) is 0.470. The number of fused-ring (bicyclic) bond motifs is 2. The molecule has 0 unspecified atom stereocenters. The van der Waals surface area contributed by atoms with Gasteiger partial charge in [-0.05, 0) is 42.0 Å². The van der Waals surface area contributed by atoms with Gasteiger partial charge in [-0.15, -0.1) is 10.2 Å². The zero-order valence-corrected chi connectivity index (χ0v) is 19.0. The number of para-hydroxylation sites is 1. The summed E-state index contributed by atoms with van der Waals surface area (Å²) in [6.07, 6.45) is 2.49. The topological polar surface area (TPSA) is 72.7 Å². The predicted molar refractivity (Wildman–Crippen MR) is 129 cm³/mol. The minimum Gasteiger partial charge on any atom is -0.454 e. The van der Waals surface area contributed by atoms with E-state index in [1.807, 2.05) is 54.4 Å². The maximum absolute atomic E-state index is 13.0. The van der Waals surface area contributed by atoms with Crippen molar-refractivity contribution in [2.45, 2.75) is 6.42 Å². The first-order valence-electron chi connectivity index (χ1n) is 11.4. The van der Waals surface area contributed by atoms with E-state index in [4.69, 9.17) is 9.47 Å². The van der Waals surface area contributed by atoms with Crippen LogP contribution in [0.2, 0.25) is 0 Å².